The highest BCUT2D eigenvalue weighted by molar-refractivity contribution is 7.92. The van der Waals surface area contributed by atoms with E-state index in [1.165, 1.54) is 24.3 Å². The summed E-state index contributed by atoms with van der Waals surface area (Å²) < 4.78 is 26.0. The molecule has 18 heavy (non-hydrogen) atoms. The maximum Gasteiger partial charge on any atom is 0.264 e. The predicted octanol–water partition coefficient (Wildman–Crippen LogP) is 0.565. The molecular weight excluding hydrogens is 256 g/mol. The maximum atomic E-state index is 11.9. The van der Waals surface area contributed by atoms with Crippen LogP contribution in [0.1, 0.15) is 0 Å². The summed E-state index contributed by atoms with van der Waals surface area (Å²) in [5.41, 5.74) is 5.94. The van der Waals surface area contributed by atoms with Crippen molar-refractivity contribution in [3.63, 3.8) is 0 Å². The Morgan fingerprint density at radius 1 is 1.11 bits per heavy atom. The molecule has 0 atom stereocenters. The van der Waals surface area contributed by atoms with Crippen molar-refractivity contribution in [2.75, 3.05) is 10.5 Å². The second-order valence-corrected chi connectivity index (χ2v) is 5.12. The number of anilines is 2. The van der Waals surface area contributed by atoms with Gasteiger partial charge in [0.15, 0.2) is 5.75 Å². The molecule has 1 aromatic carbocycles. The van der Waals surface area contributed by atoms with Gasteiger partial charge in [-0.15, -0.1) is 0 Å². The topological polar surface area (TPSA) is 118 Å². The van der Waals surface area contributed by atoms with E-state index in [1.54, 1.807) is 0 Å². The molecule has 0 spiro atoms. The number of aromatic nitrogens is 2. The molecule has 0 fully saturated rings. The lowest BCUT2D eigenvalue weighted by molar-refractivity contribution is 0.470. The minimum atomic E-state index is -3.76. The van der Waals surface area contributed by atoms with Crippen molar-refractivity contribution in [3.05, 3.63) is 36.7 Å². The number of sulfonamides is 1. The van der Waals surface area contributed by atoms with Crippen LogP contribution in [0.15, 0.2) is 41.6 Å². The summed E-state index contributed by atoms with van der Waals surface area (Å²) >= 11 is 0. The number of hydrogen-bond donors (Lipinski definition) is 3. The summed E-state index contributed by atoms with van der Waals surface area (Å²) in [7, 11) is -3.76. The van der Waals surface area contributed by atoms with Crippen LogP contribution in [0.3, 0.4) is 0 Å². The molecule has 94 valence electrons. The van der Waals surface area contributed by atoms with Crippen LogP contribution in [-0.4, -0.2) is 23.5 Å². The second kappa shape index (κ2) is 4.49. The van der Waals surface area contributed by atoms with E-state index in [1.807, 2.05) is 0 Å². The number of rotatable bonds is 3. The molecule has 0 saturated heterocycles. The van der Waals surface area contributed by atoms with Crippen LogP contribution < -0.4 is 10.5 Å². The molecule has 0 aliphatic rings. The van der Waals surface area contributed by atoms with Crippen LogP contribution in [0.2, 0.25) is 0 Å². The van der Waals surface area contributed by atoms with Gasteiger partial charge in [0.1, 0.15) is 0 Å². The second-order valence-electron chi connectivity index (χ2n) is 3.44. The van der Waals surface area contributed by atoms with Crippen molar-refractivity contribution in [2.45, 2.75) is 4.90 Å². The van der Waals surface area contributed by atoms with Gasteiger partial charge in [0.2, 0.25) is 5.95 Å². The first-order valence-electron chi connectivity index (χ1n) is 4.87. The fourth-order valence-electron chi connectivity index (χ4n) is 1.20. The number of benzene rings is 1. The van der Waals surface area contributed by atoms with Crippen LogP contribution in [0.25, 0.3) is 0 Å². The Labute approximate surface area is 103 Å². The first-order valence-corrected chi connectivity index (χ1v) is 6.35. The Balaban J connectivity index is 2.27. The van der Waals surface area contributed by atoms with E-state index in [-0.39, 0.29) is 16.6 Å². The number of aromatic hydroxyl groups is 1. The molecule has 0 radical (unpaired) electrons. The zero-order valence-electron chi connectivity index (χ0n) is 9.11. The van der Waals surface area contributed by atoms with E-state index in [4.69, 9.17) is 10.8 Å². The van der Waals surface area contributed by atoms with Gasteiger partial charge in [-0.25, -0.2) is 23.1 Å². The predicted molar refractivity (Wildman–Crippen MR) is 65.4 cm³/mol. The lowest BCUT2D eigenvalue weighted by atomic mass is 10.3. The van der Waals surface area contributed by atoms with E-state index >= 15 is 0 Å². The fourth-order valence-corrected chi connectivity index (χ4v) is 2.16. The number of nitrogen functional groups attached to an aromatic ring is 1. The van der Waals surface area contributed by atoms with Gasteiger partial charge in [0, 0.05) is 5.69 Å². The first kappa shape index (κ1) is 12.1. The summed E-state index contributed by atoms with van der Waals surface area (Å²) in [6, 6.07) is 5.70. The SMILES string of the molecule is Nc1ccc(S(=O)(=O)Nc2ncc(O)cn2)cc1. The standard InChI is InChI=1S/C10H10N4O3S/c11-7-1-3-9(4-2-7)18(16,17)14-10-12-5-8(15)6-13-10/h1-6,15H,11H2,(H,12,13,14). The number of nitrogens with zero attached hydrogens (tertiary/aromatic N) is 2. The van der Waals surface area contributed by atoms with E-state index in [0.29, 0.717) is 5.69 Å². The molecule has 4 N–H and O–H groups in total. The Bertz CT molecular complexity index is 638. The van der Waals surface area contributed by atoms with Crippen LogP contribution in [0.4, 0.5) is 11.6 Å². The number of nitrogens with one attached hydrogen (secondary N) is 1. The highest BCUT2D eigenvalue weighted by Crippen LogP contribution is 2.15. The summed E-state index contributed by atoms with van der Waals surface area (Å²) in [5, 5.41) is 8.99. The lowest BCUT2D eigenvalue weighted by Gasteiger charge is -2.06. The Hall–Kier alpha value is -2.35. The smallest absolute Gasteiger partial charge is 0.264 e. The highest BCUT2D eigenvalue weighted by Gasteiger charge is 2.15. The van der Waals surface area contributed by atoms with Gasteiger partial charge >= 0.3 is 0 Å². The Morgan fingerprint density at radius 3 is 2.22 bits per heavy atom. The molecule has 0 bridgehead atoms. The third-order valence-corrected chi connectivity index (χ3v) is 3.40. The van der Waals surface area contributed by atoms with Crippen molar-refractivity contribution >= 4 is 21.7 Å². The van der Waals surface area contributed by atoms with Gasteiger partial charge in [-0.2, -0.15) is 0 Å². The van der Waals surface area contributed by atoms with E-state index < -0.39 is 10.0 Å². The lowest BCUT2D eigenvalue weighted by Crippen LogP contribution is -2.14. The third kappa shape index (κ3) is 2.66. The number of hydrogen-bond acceptors (Lipinski definition) is 6. The largest absolute Gasteiger partial charge is 0.505 e. The van der Waals surface area contributed by atoms with Crippen molar-refractivity contribution in [1.82, 2.24) is 9.97 Å². The average Bonchev–Trinajstić information content (AvgIpc) is 2.32. The van der Waals surface area contributed by atoms with Gasteiger partial charge in [-0.3, -0.25) is 0 Å². The van der Waals surface area contributed by atoms with Crippen LogP contribution in [0, 0.1) is 0 Å². The van der Waals surface area contributed by atoms with E-state index in [9.17, 15) is 8.42 Å². The van der Waals surface area contributed by atoms with Crippen LogP contribution in [0.5, 0.6) is 5.75 Å². The quantitative estimate of drug-likeness (QED) is 0.699. The fraction of sp³-hybridized carbons (Fsp3) is 0. The molecule has 2 rings (SSSR count). The van der Waals surface area contributed by atoms with Gasteiger partial charge < -0.3 is 10.8 Å². The van der Waals surface area contributed by atoms with E-state index in [2.05, 4.69) is 14.7 Å². The molecule has 7 nitrogen and oxygen atoms in total. The summed E-state index contributed by atoms with van der Waals surface area (Å²) in [4.78, 5) is 7.31. The summed E-state index contributed by atoms with van der Waals surface area (Å²) in [6.45, 7) is 0. The van der Waals surface area contributed by atoms with Crippen LogP contribution in [-0.2, 0) is 10.0 Å². The summed E-state index contributed by atoms with van der Waals surface area (Å²) in [5.74, 6) is -0.268. The van der Waals surface area contributed by atoms with Gasteiger partial charge in [-0.05, 0) is 24.3 Å². The monoisotopic (exact) mass is 266 g/mol. The normalized spacial score (nSPS) is 11.1. The zero-order valence-corrected chi connectivity index (χ0v) is 9.92. The number of nitrogens with two attached hydrogens (primary N) is 1. The molecule has 1 aromatic heterocycles. The highest BCUT2D eigenvalue weighted by atomic mass is 32.2. The first-order chi connectivity index (χ1) is 8.47. The molecule has 0 unspecified atom stereocenters. The van der Waals surface area contributed by atoms with Crippen molar-refractivity contribution in [2.24, 2.45) is 0 Å². The molecule has 2 aromatic rings. The molecule has 0 saturated carbocycles. The van der Waals surface area contributed by atoms with Crippen LogP contribution >= 0.6 is 0 Å². The molecule has 8 heteroatoms. The summed E-state index contributed by atoms with van der Waals surface area (Å²) in [6.07, 6.45) is 2.18. The van der Waals surface area contributed by atoms with Gasteiger partial charge in [0.05, 0.1) is 17.3 Å². The molecule has 0 amide bonds. The third-order valence-electron chi connectivity index (χ3n) is 2.05. The molecule has 0 aliphatic heterocycles. The minimum absolute atomic E-state index is 0.0494. The molecule has 0 aliphatic carbocycles. The van der Waals surface area contributed by atoms with E-state index in [0.717, 1.165) is 12.4 Å². The maximum absolute atomic E-state index is 11.9. The molecule has 1 heterocycles. The van der Waals surface area contributed by atoms with Gasteiger partial charge in [0.25, 0.3) is 10.0 Å². The van der Waals surface area contributed by atoms with Crippen molar-refractivity contribution in [3.8, 4) is 5.75 Å². The van der Waals surface area contributed by atoms with Crippen molar-refractivity contribution in [1.29, 1.82) is 0 Å². The average molecular weight is 266 g/mol. The Kier molecular flexibility index (Phi) is 3.02. The van der Waals surface area contributed by atoms with Gasteiger partial charge in [-0.1, -0.05) is 0 Å². The zero-order chi connectivity index (χ0) is 13.2. The Morgan fingerprint density at radius 2 is 1.67 bits per heavy atom. The minimum Gasteiger partial charge on any atom is -0.505 e. The van der Waals surface area contributed by atoms with Crippen molar-refractivity contribution < 1.29 is 13.5 Å². The molecular formula is C10H10N4O3S.